The van der Waals surface area contributed by atoms with Gasteiger partial charge in [0.2, 0.25) is 0 Å². The fourth-order valence-electron chi connectivity index (χ4n) is 1.73. The van der Waals surface area contributed by atoms with Crippen LogP contribution in [0.5, 0.6) is 0 Å². The summed E-state index contributed by atoms with van der Waals surface area (Å²) in [6.45, 7) is 2.47. The van der Waals surface area contributed by atoms with E-state index in [0.29, 0.717) is 12.4 Å². The Balaban J connectivity index is 2.10. The summed E-state index contributed by atoms with van der Waals surface area (Å²) in [5.41, 5.74) is -2.08. The lowest BCUT2D eigenvalue weighted by Gasteiger charge is -2.20. The van der Waals surface area contributed by atoms with Crippen molar-refractivity contribution in [2.45, 2.75) is 31.5 Å². The molecule has 0 radical (unpaired) electrons. The molecule has 2 rings (SSSR count). The lowest BCUT2D eigenvalue weighted by Crippen LogP contribution is -2.48. The average molecular weight is 273 g/mol. The first-order valence-electron chi connectivity index (χ1n) is 5.98. The van der Waals surface area contributed by atoms with E-state index >= 15 is 0 Å². The van der Waals surface area contributed by atoms with Gasteiger partial charge in [-0.2, -0.15) is 13.2 Å². The summed E-state index contributed by atoms with van der Waals surface area (Å²) < 4.78 is 38.2. The van der Waals surface area contributed by atoms with Crippen LogP contribution in [0.25, 0.3) is 0 Å². The maximum atomic E-state index is 12.7. The first-order valence-corrected chi connectivity index (χ1v) is 5.98. The van der Waals surface area contributed by atoms with Crippen molar-refractivity contribution in [1.29, 1.82) is 0 Å². The Kier molecular flexibility index (Phi) is 3.38. The summed E-state index contributed by atoms with van der Waals surface area (Å²) >= 11 is 0. The van der Waals surface area contributed by atoms with Crippen LogP contribution in [0.15, 0.2) is 18.2 Å². The highest BCUT2D eigenvalue weighted by atomic mass is 19.4. The van der Waals surface area contributed by atoms with Crippen molar-refractivity contribution >= 4 is 11.7 Å². The van der Waals surface area contributed by atoms with Gasteiger partial charge in [0.1, 0.15) is 17.1 Å². The molecule has 1 saturated carbocycles. The van der Waals surface area contributed by atoms with Gasteiger partial charge in [-0.3, -0.25) is 4.79 Å². The number of anilines is 1. The number of amides is 1. The topological polar surface area (TPSA) is 54.0 Å². The quantitative estimate of drug-likeness (QED) is 0.885. The molecule has 0 aliphatic heterocycles. The van der Waals surface area contributed by atoms with Crippen LogP contribution in [0.2, 0.25) is 0 Å². The number of alkyl halides is 3. The fraction of sp³-hybridized carbons (Fsp3) is 0.500. The van der Waals surface area contributed by atoms with Gasteiger partial charge in [0, 0.05) is 6.54 Å². The first-order chi connectivity index (χ1) is 8.88. The monoisotopic (exact) mass is 273 g/mol. The summed E-state index contributed by atoms with van der Waals surface area (Å²) in [6, 6.07) is 4.62. The maximum absolute atomic E-state index is 12.7. The van der Waals surface area contributed by atoms with Crippen molar-refractivity contribution in [1.82, 2.24) is 10.3 Å². The van der Waals surface area contributed by atoms with E-state index in [4.69, 9.17) is 0 Å². The minimum absolute atomic E-state index is 0.0195. The maximum Gasteiger partial charge on any atom is 0.411 e. The van der Waals surface area contributed by atoms with E-state index in [1.165, 1.54) is 6.07 Å². The summed E-state index contributed by atoms with van der Waals surface area (Å²) in [6.07, 6.45) is -4.56. The van der Waals surface area contributed by atoms with Gasteiger partial charge in [-0.05, 0) is 31.9 Å². The average Bonchev–Trinajstić information content (AvgIpc) is 3.10. The second-order valence-electron chi connectivity index (χ2n) is 4.47. The minimum Gasteiger partial charge on any atom is -0.370 e. The summed E-state index contributed by atoms with van der Waals surface area (Å²) in [5, 5.41) is 4.94. The zero-order chi connectivity index (χ0) is 14.1. The predicted octanol–water partition coefficient (Wildman–Crippen LogP) is 2.34. The molecule has 0 aromatic carbocycles. The summed E-state index contributed by atoms with van der Waals surface area (Å²) in [5.74, 6) is -0.332. The summed E-state index contributed by atoms with van der Waals surface area (Å²) in [7, 11) is 0. The molecule has 1 aromatic rings. The molecule has 7 heteroatoms. The van der Waals surface area contributed by atoms with Crippen LogP contribution < -0.4 is 10.6 Å². The van der Waals surface area contributed by atoms with Gasteiger partial charge in [-0.1, -0.05) is 6.07 Å². The largest absolute Gasteiger partial charge is 0.411 e. The van der Waals surface area contributed by atoms with Crippen molar-refractivity contribution in [3.05, 3.63) is 23.9 Å². The highest BCUT2D eigenvalue weighted by molar-refractivity contribution is 5.93. The number of aromatic nitrogens is 1. The number of pyridine rings is 1. The van der Waals surface area contributed by atoms with E-state index in [1.807, 2.05) is 12.2 Å². The molecule has 4 nitrogen and oxygen atoms in total. The minimum atomic E-state index is -4.41. The zero-order valence-corrected chi connectivity index (χ0v) is 10.3. The van der Waals surface area contributed by atoms with Crippen LogP contribution in [0.1, 0.15) is 30.3 Å². The highest BCUT2D eigenvalue weighted by Crippen LogP contribution is 2.48. The third-order valence-electron chi connectivity index (χ3n) is 2.99. The molecule has 0 saturated heterocycles. The first kappa shape index (κ1) is 13.6. The van der Waals surface area contributed by atoms with Crippen molar-refractivity contribution < 1.29 is 18.0 Å². The second-order valence-corrected chi connectivity index (χ2v) is 4.47. The molecule has 1 amide bonds. The number of halogens is 3. The van der Waals surface area contributed by atoms with E-state index in [2.05, 4.69) is 10.3 Å². The van der Waals surface area contributed by atoms with Crippen LogP contribution in [0, 0.1) is 0 Å². The number of rotatable bonds is 4. The van der Waals surface area contributed by atoms with E-state index < -0.39 is 17.6 Å². The zero-order valence-electron chi connectivity index (χ0n) is 10.3. The van der Waals surface area contributed by atoms with Crippen LogP contribution in [-0.4, -0.2) is 29.2 Å². The Morgan fingerprint density at radius 1 is 1.42 bits per heavy atom. The Morgan fingerprint density at radius 3 is 2.63 bits per heavy atom. The standard InChI is InChI=1S/C12H14F3N3O/c1-2-16-9-5-3-4-8(17-9)10(19)18-11(6-7-11)12(13,14)15/h3-5H,2,6-7H2,1H3,(H,16,17)(H,18,19). The molecular weight excluding hydrogens is 259 g/mol. The van der Waals surface area contributed by atoms with Gasteiger partial charge in [0.05, 0.1) is 0 Å². The predicted molar refractivity (Wildman–Crippen MR) is 63.9 cm³/mol. The summed E-state index contributed by atoms with van der Waals surface area (Å²) in [4.78, 5) is 15.8. The van der Waals surface area contributed by atoms with Gasteiger partial charge < -0.3 is 10.6 Å². The lowest BCUT2D eigenvalue weighted by atomic mass is 10.2. The SMILES string of the molecule is CCNc1cccc(C(=O)NC2(C(F)(F)F)CC2)n1. The number of carbonyl (C=O) groups excluding carboxylic acids is 1. The number of nitrogens with zero attached hydrogens (tertiary/aromatic N) is 1. The van der Waals surface area contributed by atoms with Crippen molar-refractivity contribution in [3.63, 3.8) is 0 Å². The van der Waals surface area contributed by atoms with Crippen LogP contribution in [0.4, 0.5) is 19.0 Å². The molecule has 1 fully saturated rings. The number of nitrogens with one attached hydrogen (secondary N) is 2. The molecule has 1 aliphatic rings. The van der Waals surface area contributed by atoms with Gasteiger partial charge >= 0.3 is 6.18 Å². The third-order valence-corrected chi connectivity index (χ3v) is 2.99. The van der Waals surface area contributed by atoms with Crippen LogP contribution in [0.3, 0.4) is 0 Å². The molecule has 0 unspecified atom stereocenters. The smallest absolute Gasteiger partial charge is 0.370 e. The number of carbonyl (C=O) groups is 1. The second kappa shape index (κ2) is 4.71. The van der Waals surface area contributed by atoms with E-state index in [9.17, 15) is 18.0 Å². The molecule has 19 heavy (non-hydrogen) atoms. The number of hydrogen-bond donors (Lipinski definition) is 2. The normalized spacial score (nSPS) is 16.8. The van der Waals surface area contributed by atoms with E-state index in [1.54, 1.807) is 12.1 Å². The molecule has 0 spiro atoms. The van der Waals surface area contributed by atoms with E-state index in [0.717, 1.165) is 0 Å². The van der Waals surface area contributed by atoms with Gasteiger partial charge in [0.15, 0.2) is 0 Å². The molecule has 0 bridgehead atoms. The molecule has 104 valence electrons. The third kappa shape index (κ3) is 2.80. The molecular formula is C12H14F3N3O. The Hall–Kier alpha value is -1.79. The molecule has 1 aromatic heterocycles. The van der Waals surface area contributed by atoms with Crippen LogP contribution in [-0.2, 0) is 0 Å². The number of hydrogen-bond acceptors (Lipinski definition) is 3. The Morgan fingerprint density at radius 2 is 2.11 bits per heavy atom. The Bertz CT molecular complexity index is 483. The van der Waals surface area contributed by atoms with Crippen molar-refractivity contribution in [2.24, 2.45) is 0 Å². The highest BCUT2D eigenvalue weighted by Gasteiger charge is 2.64. The van der Waals surface area contributed by atoms with Crippen molar-refractivity contribution in [2.75, 3.05) is 11.9 Å². The molecule has 1 heterocycles. The van der Waals surface area contributed by atoms with Gasteiger partial charge in [-0.25, -0.2) is 4.98 Å². The molecule has 1 aliphatic carbocycles. The fourth-order valence-corrected chi connectivity index (χ4v) is 1.73. The molecule has 0 atom stereocenters. The van der Waals surface area contributed by atoms with E-state index in [-0.39, 0.29) is 18.5 Å². The van der Waals surface area contributed by atoms with Crippen LogP contribution >= 0.6 is 0 Å². The van der Waals surface area contributed by atoms with Gasteiger partial charge in [-0.15, -0.1) is 0 Å². The molecule has 2 N–H and O–H groups in total. The lowest BCUT2D eigenvalue weighted by molar-refractivity contribution is -0.163. The Labute approximate surface area is 108 Å². The van der Waals surface area contributed by atoms with Crippen molar-refractivity contribution in [3.8, 4) is 0 Å². The van der Waals surface area contributed by atoms with Gasteiger partial charge in [0.25, 0.3) is 5.91 Å².